The number of carbonyl (C=O) groups excluding carboxylic acids is 1. The van der Waals surface area contributed by atoms with E-state index in [0.29, 0.717) is 12.3 Å². The molecule has 2 rings (SSSR count). The fraction of sp³-hybridized carbons (Fsp3) is 0.682. The van der Waals surface area contributed by atoms with Crippen molar-refractivity contribution in [1.29, 1.82) is 0 Å². The number of carbonyl (C=O) groups is 1. The van der Waals surface area contributed by atoms with Crippen molar-refractivity contribution in [3.63, 3.8) is 0 Å². The highest BCUT2D eigenvalue weighted by Gasteiger charge is 2.37. The smallest absolute Gasteiger partial charge is 0.404 e. The molecule has 1 unspecified atom stereocenters. The van der Waals surface area contributed by atoms with Crippen LogP contribution in [0, 0.1) is 11.3 Å². The molecule has 27 heavy (non-hydrogen) atoms. The molecule has 0 radical (unpaired) electrons. The van der Waals surface area contributed by atoms with Gasteiger partial charge in [0.15, 0.2) is 0 Å². The molecule has 0 saturated heterocycles. The molecule has 5 heteroatoms. The highest BCUT2D eigenvalue weighted by atomic mass is 16.6. The minimum atomic E-state index is -0.852. The van der Waals surface area contributed by atoms with Crippen LogP contribution in [0.2, 0.25) is 0 Å². The first-order chi connectivity index (χ1) is 12.8. The van der Waals surface area contributed by atoms with Crippen LogP contribution in [-0.4, -0.2) is 36.0 Å². The van der Waals surface area contributed by atoms with Crippen molar-refractivity contribution in [3.05, 3.63) is 35.9 Å². The zero-order chi connectivity index (χ0) is 19.9. The van der Waals surface area contributed by atoms with Gasteiger partial charge < -0.3 is 20.9 Å². The van der Waals surface area contributed by atoms with Crippen molar-refractivity contribution in [1.82, 2.24) is 5.32 Å². The van der Waals surface area contributed by atoms with E-state index in [1.807, 2.05) is 30.3 Å². The summed E-state index contributed by atoms with van der Waals surface area (Å²) in [6.07, 6.45) is 4.43. The monoisotopic (exact) mass is 376 g/mol. The number of hydrogen-bond donors (Lipinski definition) is 3. The van der Waals surface area contributed by atoms with Crippen molar-refractivity contribution in [2.45, 2.75) is 77.5 Å². The van der Waals surface area contributed by atoms with Gasteiger partial charge in [-0.25, -0.2) is 4.79 Å². The fourth-order valence-electron chi connectivity index (χ4n) is 4.07. The summed E-state index contributed by atoms with van der Waals surface area (Å²) in [6, 6.07) is 9.54. The van der Waals surface area contributed by atoms with E-state index in [0.717, 1.165) is 12.1 Å². The molecule has 1 aromatic rings. The van der Waals surface area contributed by atoms with E-state index in [4.69, 9.17) is 10.5 Å². The van der Waals surface area contributed by atoms with E-state index in [9.17, 15) is 9.90 Å². The molecule has 1 saturated carbocycles. The summed E-state index contributed by atoms with van der Waals surface area (Å²) < 4.78 is 5.33. The van der Waals surface area contributed by atoms with Crippen LogP contribution in [-0.2, 0) is 11.2 Å². The number of aliphatic hydroxyl groups excluding tert-OH is 1. The average molecular weight is 377 g/mol. The third-order valence-electron chi connectivity index (χ3n) is 5.55. The molecule has 1 fully saturated rings. The summed E-state index contributed by atoms with van der Waals surface area (Å²) in [5.41, 5.74) is 6.10. The predicted molar refractivity (Wildman–Crippen MR) is 108 cm³/mol. The van der Waals surface area contributed by atoms with E-state index < -0.39 is 18.3 Å². The summed E-state index contributed by atoms with van der Waals surface area (Å²) >= 11 is 0. The Morgan fingerprint density at radius 2 is 1.85 bits per heavy atom. The standard InChI is InChI=1S/C22H36N2O3/c1-22(2,3)20(24-15-17-12-8-5-9-13-17)19(25)18(27-21(23)26)14-16-10-6-4-7-11-16/h4,6-7,10-11,17-20,24-25H,5,8-9,12-15H2,1-3H3,(H2,23,26)/t18-,19-,20?/m0/s1. The number of hydrogen-bond acceptors (Lipinski definition) is 4. The van der Waals surface area contributed by atoms with Crippen LogP contribution >= 0.6 is 0 Å². The number of rotatable bonds is 8. The van der Waals surface area contributed by atoms with Crippen LogP contribution in [0.4, 0.5) is 4.79 Å². The Balaban J connectivity index is 2.10. The average Bonchev–Trinajstić information content (AvgIpc) is 2.61. The van der Waals surface area contributed by atoms with Gasteiger partial charge in [0.25, 0.3) is 0 Å². The Hall–Kier alpha value is -1.59. The van der Waals surface area contributed by atoms with Gasteiger partial charge in [-0.3, -0.25) is 0 Å². The maximum atomic E-state index is 11.5. The Labute approximate surface area is 163 Å². The SMILES string of the molecule is CC(C)(C)C(NCC1CCCCC1)[C@@H](O)[C@H](Cc1ccccc1)OC(N)=O. The van der Waals surface area contributed by atoms with Crippen molar-refractivity contribution in [2.75, 3.05) is 6.54 Å². The zero-order valence-corrected chi connectivity index (χ0v) is 17.0. The summed E-state index contributed by atoms with van der Waals surface area (Å²) in [4.78, 5) is 11.5. The lowest BCUT2D eigenvalue weighted by Gasteiger charge is -2.39. The molecule has 0 spiro atoms. The van der Waals surface area contributed by atoms with Gasteiger partial charge in [0.2, 0.25) is 0 Å². The zero-order valence-electron chi connectivity index (χ0n) is 17.0. The largest absolute Gasteiger partial charge is 0.443 e. The van der Waals surface area contributed by atoms with Crippen LogP contribution < -0.4 is 11.1 Å². The lowest BCUT2D eigenvalue weighted by Crippen LogP contribution is -2.55. The number of amides is 1. The third kappa shape index (κ3) is 7.15. The minimum Gasteiger partial charge on any atom is -0.443 e. The van der Waals surface area contributed by atoms with Crippen molar-refractivity contribution in [2.24, 2.45) is 17.1 Å². The number of ether oxygens (including phenoxy) is 1. The highest BCUT2D eigenvalue weighted by molar-refractivity contribution is 5.64. The van der Waals surface area contributed by atoms with E-state index in [-0.39, 0.29) is 11.5 Å². The quantitative estimate of drug-likeness (QED) is 0.647. The fourth-order valence-corrected chi connectivity index (χ4v) is 4.07. The van der Waals surface area contributed by atoms with Crippen LogP contribution in [0.3, 0.4) is 0 Å². The first-order valence-electron chi connectivity index (χ1n) is 10.2. The van der Waals surface area contributed by atoms with Crippen LogP contribution in [0.25, 0.3) is 0 Å². The van der Waals surface area contributed by atoms with Gasteiger partial charge in [-0.1, -0.05) is 70.4 Å². The Bertz CT molecular complexity index is 565. The van der Waals surface area contributed by atoms with Gasteiger partial charge in [-0.2, -0.15) is 0 Å². The molecule has 0 aromatic heterocycles. The molecule has 0 heterocycles. The summed E-state index contributed by atoms with van der Waals surface area (Å²) in [7, 11) is 0. The van der Waals surface area contributed by atoms with Gasteiger partial charge in [-0.15, -0.1) is 0 Å². The third-order valence-corrected chi connectivity index (χ3v) is 5.55. The van der Waals surface area contributed by atoms with E-state index in [1.165, 1.54) is 32.1 Å². The molecule has 3 atom stereocenters. The van der Waals surface area contributed by atoms with Crippen molar-refractivity contribution in [3.8, 4) is 0 Å². The highest BCUT2D eigenvalue weighted by Crippen LogP contribution is 2.28. The van der Waals surface area contributed by atoms with Crippen LogP contribution in [0.5, 0.6) is 0 Å². The number of primary amides is 1. The maximum Gasteiger partial charge on any atom is 0.404 e. The first-order valence-corrected chi connectivity index (χ1v) is 10.2. The lowest BCUT2D eigenvalue weighted by molar-refractivity contribution is -0.0361. The second-order valence-corrected chi connectivity index (χ2v) is 8.91. The predicted octanol–water partition coefficient (Wildman–Crippen LogP) is 3.64. The van der Waals surface area contributed by atoms with Crippen LogP contribution in [0.15, 0.2) is 30.3 Å². The Morgan fingerprint density at radius 3 is 2.41 bits per heavy atom. The maximum absolute atomic E-state index is 11.5. The van der Waals surface area contributed by atoms with Crippen molar-refractivity contribution < 1.29 is 14.6 Å². The summed E-state index contributed by atoms with van der Waals surface area (Å²) in [6.45, 7) is 7.17. The molecule has 152 valence electrons. The Morgan fingerprint density at radius 1 is 1.22 bits per heavy atom. The molecular formula is C22H36N2O3. The Kier molecular flexibility index (Phi) is 8.11. The second-order valence-electron chi connectivity index (χ2n) is 8.91. The van der Waals surface area contributed by atoms with E-state index >= 15 is 0 Å². The number of nitrogens with two attached hydrogens (primary N) is 1. The van der Waals surface area contributed by atoms with E-state index in [1.54, 1.807) is 0 Å². The number of nitrogens with one attached hydrogen (secondary N) is 1. The molecule has 1 aliphatic rings. The van der Waals surface area contributed by atoms with Gasteiger partial charge >= 0.3 is 6.09 Å². The normalized spacial score (nSPS) is 19.3. The van der Waals surface area contributed by atoms with Gasteiger partial charge in [0.1, 0.15) is 12.2 Å². The lowest BCUT2D eigenvalue weighted by atomic mass is 9.80. The van der Waals surface area contributed by atoms with Gasteiger partial charge in [0.05, 0.1) is 0 Å². The molecule has 4 N–H and O–H groups in total. The molecule has 0 bridgehead atoms. The summed E-state index contributed by atoms with van der Waals surface area (Å²) in [5, 5.41) is 14.7. The topological polar surface area (TPSA) is 84.6 Å². The molecule has 5 nitrogen and oxygen atoms in total. The molecule has 1 aliphatic carbocycles. The second kappa shape index (κ2) is 10.1. The number of aliphatic hydroxyl groups is 1. The van der Waals surface area contributed by atoms with Gasteiger partial charge in [-0.05, 0) is 36.3 Å². The molecule has 1 amide bonds. The van der Waals surface area contributed by atoms with Crippen LogP contribution in [0.1, 0.15) is 58.4 Å². The van der Waals surface area contributed by atoms with Crippen molar-refractivity contribution >= 4 is 6.09 Å². The first kappa shape index (κ1) is 21.7. The molecule has 1 aromatic carbocycles. The molecular weight excluding hydrogens is 340 g/mol. The minimum absolute atomic E-state index is 0.190. The van der Waals surface area contributed by atoms with E-state index in [2.05, 4.69) is 26.1 Å². The summed E-state index contributed by atoms with van der Waals surface area (Å²) in [5.74, 6) is 0.653. The molecule has 0 aliphatic heterocycles. The number of benzene rings is 1. The van der Waals surface area contributed by atoms with Gasteiger partial charge in [0, 0.05) is 12.5 Å².